The van der Waals surface area contributed by atoms with Gasteiger partial charge in [-0.25, -0.2) is 0 Å². The molecule has 1 heterocycles. The van der Waals surface area contributed by atoms with Gasteiger partial charge in [0.15, 0.2) is 0 Å². The van der Waals surface area contributed by atoms with Gasteiger partial charge in [-0.1, -0.05) is 24.3 Å². The normalized spacial score (nSPS) is 14.9. The lowest BCUT2D eigenvalue weighted by Crippen LogP contribution is -2.20. The minimum Gasteiger partial charge on any atom is -0.389 e. The van der Waals surface area contributed by atoms with Gasteiger partial charge in [0, 0.05) is 22.9 Å². The third kappa shape index (κ3) is 2.04. The van der Waals surface area contributed by atoms with Gasteiger partial charge in [-0.15, -0.1) is 0 Å². The van der Waals surface area contributed by atoms with Crippen molar-refractivity contribution in [3.05, 3.63) is 42.1 Å². The Labute approximate surface area is 99.2 Å². The number of hydrogen-bond acceptors (Lipinski definition) is 4. The fourth-order valence-corrected chi connectivity index (χ4v) is 1.87. The Morgan fingerprint density at radius 3 is 2.69 bits per heavy atom. The van der Waals surface area contributed by atoms with E-state index in [1.54, 1.807) is 12.3 Å². The molecule has 16 heavy (non-hydrogen) atoms. The molecule has 0 aliphatic heterocycles. The summed E-state index contributed by atoms with van der Waals surface area (Å²) in [7, 11) is 0. The van der Waals surface area contributed by atoms with Gasteiger partial charge in [-0.3, -0.25) is 4.98 Å². The first-order valence-electron chi connectivity index (χ1n) is 5.04. The number of thiol groups is 1. The number of hydrogen-bond donors (Lipinski definition) is 3. The largest absolute Gasteiger partial charge is 0.389 e. The van der Waals surface area contributed by atoms with Crippen LogP contribution in [0.4, 0.5) is 0 Å². The van der Waals surface area contributed by atoms with Crippen LogP contribution in [-0.2, 0) is 0 Å². The number of pyridine rings is 1. The fourth-order valence-electron chi connectivity index (χ4n) is 1.67. The van der Waals surface area contributed by atoms with Gasteiger partial charge in [-0.05, 0) is 6.07 Å². The Kier molecular flexibility index (Phi) is 3.43. The van der Waals surface area contributed by atoms with Crippen molar-refractivity contribution >= 4 is 23.5 Å². The molecule has 0 saturated carbocycles. The highest BCUT2D eigenvalue weighted by atomic mass is 32.1. The van der Waals surface area contributed by atoms with Gasteiger partial charge in [-0.2, -0.15) is 12.6 Å². The zero-order valence-corrected chi connectivity index (χ0v) is 9.51. The summed E-state index contributed by atoms with van der Waals surface area (Å²) >= 11 is 3.97. The molecule has 0 aliphatic carbocycles. The molecule has 1 aromatic carbocycles. The van der Waals surface area contributed by atoms with Crippen molar-refractivity contribution in [2.45, 2.75) is 12.2 Å². The van der Waals surface area contributed by atoms with E-state index in [0.717, 1.165) is 10.9 Å². The third-order valence-electron chi connectivity index (χ3n) is 2.53. The molecule has 1 aromatic heterocycles. The van der Waals surface area contributed by atoms with Crippen molar-refractivity contribution in [2.75, 3.05) is 5.75 Å². The zero-order valence-electron chi connectivity index (χ0n) is 8.61. The summed E-state index contributed by atoms with van der Waals surface area (Å²) in [6.45, 7) is 0. The number of benzene rings is 1. The Bertz CT molecular complexity index is 484. The lowest BCUT2D eigenvalue weighted by molar-refractivity contribution is 0.0346. The van der Waals surface area contributed by atoms with Crippen molar-refractivity contribution < 1.29 is 10.2 Å². The lowest BCUT2D eigenvalue weighted by Gasteiger charge is -2.17. The van der Waals surface area contributed by atoms with Gasteiger partial charge in [0.2, 0.25) is 0 Å². The van der Waals surface area contributed by atoms with E-state index in [2.05, 4.69) is 17.6 Å². The van der Waals surface area contributed by atoms with Crippen LogP contribution < -0.4 is 0 Å². The number of fused-ring (bicyclic) bond motifs is 1. The predicted octanol–water partition coefficient (Wildman–Crippen LogP) is 1.56. The average Bonchev–Trinajstić information content (AvgIpc) is 2.36. The molecule has 0 fully saturated rings. The van der Waals surface area contributed by atoms with Crippen LogP contribution in [0.1, 0.15) is 11.7 Å². The van der Waals surface area contributed by atoms with E-state index in [-0.39, 0.29) is 5.75 Å². The van der Waals surface area contributed by atoms with E-state index < -0.39 is 12.2 Å². The Morgan fingerprint density at radius 1 is 1.19 bits per heavy atom. The second-order valence-electron chi connectivity index (χ2n) is 3.62. The molecule has 2 aromatic rings. The number of nitrogens with zero attached hydrogens (tertiary/aromatic N) is 1. The molecule has 0 bridgehead atoms. The summed E-state index contributed by atoms with van der Waals surface area (Å²) in [4.78, 5) is 4.22. The van der Waals surface area contributed by atoms with E-state index in [4.69, 9.17) is 0 Å². The highest BCUT2D eigenvalue weighted by Crippen LogP contribution is 2.24. The van der Waals surface area contributed by atoms with Crippen molar-refractivity contribution in [1.82, 2.24) is 4.98 Å². The molecular weight excluding hydrogens is 222 g/mol. The van der Waals surface area contributed by atoms with Crippen LogP contribution in [-0.4, -0.2) is 27.1 Å². The lowest BCUT2D eigenvalue weighted by atomic mass is 10.0. The smallest absolute Gasteiger partial charge is 0.108 e. The summed E-state index contributed by atoms with van der Waals surface area (Å²) in [5.41, 5.74) is 1.36. The minimum atomic E-state index is -0.948. The van der Waals surface area contributed by atoms with E-state index in [1.165, 1.54) is 0 Å². The Hall–Kier alpha value is -1.10. The van der Waals surface area contributed by atoms with Gasteiger partial charge < -0.3 is 10.2 Å². The Morgan fingerprint density at radius 2 is 1.94 bits per heavy atom. The maximum Gasteiger partial charge on any atom is 0.108 e. The number of aromatic nitrogens is 1. The Balaban J connectivity index is 2.52. The summed E-state index contributed by atoms with van der Waals surface area (Å²) in [5.74, 6) is 0.213. The van der Waals surface area contributed by atoms with Gasteiger partial charge >= 0.3 is 0 Å². The first-order chi connectivity index (χ1) is 7.74. The van der Waals surface area contributed by atoms with Crippen LogP contribution >= 0.6 is 12.6 Å². The fraction of sp³-hybridized carbons (Fsp3) is 0.250. The highest BCUT2D eigenvalue weighted by Gasteiger charge is 2.19. The second kappa shape index (κ2) is 4.82. The second-order valence-corrected chi connectivity index (χ2v) is 3.98. The van der Waals surface area contributed by atoms with Gasteiger partial charge in [0.05, 0.1) is 11.6 Å². The summed E-state index contributed by atoms with van der Waals surface area (Å²) < 4.78 is 0. The first-order valence-corrected chi connectivity index (χ1v) is 5.68. The standard InChI is InChI=1S/C12H13NO2S/c14-10(7-16)12(15)9-5-1-3-8-4-2-6-13-11(8)9/h1-6,10,12,14-16H,7H2. The molecule has 2 atom stereocenters. The number of aliphatic hydroxyl groups excluding tert-OH is 2. The van der Waals surface area contributed by atoms with Crippen LogP contribution in [0.3, 0.4) is 0 Å². The molecule has 4 heteroatoms. The third-order valence-corrected chi connectivity index (χ3v) is 2.91. The summed E-state index contributed by atoms with van der Waals surface area (Å²) in [6.07, 6.45) is -0.155. The van der Waals surface area contributed by atoms with Crippen LogP contribution in [0.2, 0.25) is 0 Å². The number of para-hydroxylation sites is 1. The van der Waals surface area contributed by atoms with Gasteiger partial charge in [0.25, 0.3) is 0 Å². The van der Waals surface area contributed by atoms with E-state index in [1.807, 2.05) is 24.3 Å². The summed E-state index contributed by atoms with van der Waals surface area (Å²) in [6, 6.07) is 9.30. The SMILES string of the molecule is OC(CS)C(O)c1cccc2cccnc12. The van der Waals surface area contributed by atoms with E-state index in [0.29, 0.717) is 5.56 Å². The van der Waals surface area contributed by atoms with Crippen molar-refractivity contribution in [1.29, 1.82) is 0 Å². The van der Waals surface area contributed by atoms with Crippen molar-refractivity contribution in [3.8, 4) is 0 Å². The monoisotopic (exact) mass is 235 g/mol. The molecule has 0 saturated heterocycles. The number of rotatable bonds is 3. The topological polar surface area (TPSA) is 53.4 Å². The van der Waals surface area contributed by atoms with Crippen molar-refractivity contribution in [2.24, 2.45) is 0 Å². The molecule has 2 rings (SSSR count). The molecule has 2 N–H and O–H groups in total. The average molecular weight is 235 g/mol. The van der Waals surface area contributed by atoms with E-state index >= 15 is 0 Å². The molecule has 3 nitrogen and oxygen atoms in total. The van der Waals surface area contributed by atoms with Crippen LogP contribution in [0.15, 0.2) is 36.5 Å². The quantitative estimate of drug-likeness (QED) is 0.708. The molecule has 0 spiro atoms. The maximum absolute atomic E-state index is 9.95. The molecule has 0 radical (unpaired) electrons. The zero-order chi connectivity index (χ0) is 11.5. The molecule has 0 aliphatic rings. The van der Waals surface area contributed by atoms with Crippen LogP contribution in [0.25, 0.3) is 10.9 Å². The van der Waals surface area contributed by atoms with Crippen molar-refractivity contribution in [3.63, 3.8) is 0 Å². The predicted molar refractivity (Wildman–Crippen MR) is 66.6 cm³/mol. The highest BCUT2D eigenvalue weighted by molar-refractivity contribution is 7.80. The van der Waals surface area contributed by atoms with E-state index in [9.17, 15) is 10.2 Å². The van der Waals surface area contributed by atoms with Crippen LogP contribution in [0.5, 0.6) is 0 Å². The number of aliphatic hydroxyl groups is 2. The van der Waals surface area contributed by atoms with Crippen LogP contribution in [0, 0.1) is 0 Å². The molecular formula is C12H13NO2S. The molecule has 0 amide bonds. The van der Waals surface area contributed by atoms with Gasteiger partial charge in [0.1, 0.15) is 6.10 Å². The maximum atomic E-state index is 9.95. The summed E-state index contributed by atoms with van der Waals surface area (Å²) in [5, 5.41) is 20.5. The minimum absolute atomic E-state index is 0.213. The molecule has 84 valence electrons. The first kappa shape index (κ1) is 11.4. The molecule has 2 unspecified atom stereocenters.